The smallest absolute Gasteiger partial charge is 0.0703 e. The molecular weight excluding hydrogens is 248 g/mol. The summed E-state index contributed by atoms with van der Waals surface area (Å²) in [5, 5.41) is 11.3. The van der Waals surface area contributed by atoms with Crippen LogP contribution in [0, 0.1) is 17.8 Å². The zero-order valence-electron chi connectivity index (χ0n) is 13.4. The summed E-state index contributed by atoms with van der Waals surface area (Å²) in [6.45, 7) is 5.48. The second-order valence-electron chi connectivity index (χ2n) is 8.05. The minimum atomic E-state index is -0.416. The Morgan fingerprint density at radius 1 is 1.00 bits per heavy atom. The lowest BCUT2D eigenvalue weighted by Gasteiger charge is -2.52. The number of aliphatic hydroxyl groups is 1. The largest absolute Gasteiger partial charge is 0.389 e. The van der Waals surface area contributed by atoms with Crippen LogP contribution in [0.3, 0.4) is 0 Å². The number of hydrogen-bond acceptors (Lipinski definition) is 2. The molecule has 0 aromatic heterocycles. The van der Waals surface area contributed by atoms with E-state index in [4.69, 9.17) is 4.74 Å². The molecule has 1 heterocycles. The van der Waals surface area contributed by atoms with Gasteiger partial charge < -0.3 is 9.84 Å². The second-order valence-corrected chi connectivity index (χ2v) is 8.05. The van der Waals surface area contributed by atoms with Crippen LogP contribution in [0.2, 0.25) is 0 Å². The Kier molecular flexibility index (Phi) is 4.16. The molecule has 0 aromatic rings. The first-order chi connectivity index (χ1) is 9.54. The van der Waals surface area contributed by atoms with Gasteiger partial charge in [0.2, 0.25) is 0 Å². The van der Waals surface area contributed by atoms with Crippen molar-refractivity contribution in [3.8, 4) is 0 Å². The van der Waals surface area contributed by atoms with Crippen LogP contribution in [0.15, 0.2) is 0 Å². The van der Waals surface area contributed by atoms with E-state index in [9.17, 15) is 5.11 Å². The first-order valence-electron chi connectivity index (χ1n) is 8.90. The van der Waals surface area contributed by atoms with Gasteiger partial charge in [-0.25, -0.2) is 0 Å². The van der Waals surface area contributed by atoms with E-state index in [1.54, 1.807) is 0 Å². The molecule has 2 heteroatoms. The molecule has 3 rings (SSSR count). The third-order valence-electron chi connectivity index (χ3n) is 6.61. The van der Waals surface area contributed by atoms with E-state index in [0.717, 1.165) is 31.8 Å². The van der Waals surface area contributed by atoms with Crippen molar-refractivity contribution in [1.82, 2.24) is 0 Å². The van der Waals surface area contributed by atoms with Gasteiger partial charge in [-0.3, -0.25) is 0 Å². The van der Waals surface area contributed by atoms with Crippen LogP contribution >= 0.6 is 0 Å². The summed E-state index contributed by atoms with van der Waals surface area (Å²) in [6, 6.07) is 0. The van der Waals surface area contributed by atoms with Gasteiger partial charge in [-0.2, -0.15) is 0 Å². The molecule has 0 aromatic carbocycles. The van der Waals surface area contributed by atoms with Crippen LogP contribution in [0.25, 0.3) is 0 Å². The molecule has 1 aliphatic heterocycles. The molecule has 2 aliphatic carbocycles. The van der Waals surface area contributed by atoms with E-state index in [0.29, 0.717) is 11.8 Å². The van der Waals surface area contributed by atoms with Crippen molar-refractivity contribution in [2.45, 2.75) is 89.3 Å². The molecule has 4 atom stereocenters. The predicted octanol–water partition coefficient (Wildman–Crippen LogP) is 4.30. The van der Waals surface area contributed by atoms with Gasteiger partial charge in [-0.1, -0.05) is 33.1 Å². The van der Waals surface area contributed by atoms with Crippen molar-refractivity contribution >= 4 is 0 Å². The molecule has 20 heavy (non-hydrogen) atoms. The minimum absolute atomic E-state index is 0.125. The van der Waals surface area contributed by atoms with E-state index in [1.807, 2.05) is 0 Å². The summed E-state index contributed by atoms with van der Waals surface area (Å²) in [4.78, 5) is 0. The van der Waals surface area contributed by atoms with Crippen molar-refractivity contribution < 1.29 is 9.84 Å². The lowest BCUT2D eigenvalue weighted by atomic mass is 9.61. The predicted molar refractivity (Wildman–Crippen MR) is 81.6 cm³/mol. The Morgan fingerprint density at radius 3 is 2.45 bits per heavy atom. The van der Waals surface area contributed by atoms with Crippen molar-refractivity contribution in [3.05, 3.63) is 0 Å². The van der Waals surface area contributed by atoms with Crippen LogP contribution in [0.5, 0.6) is 0 Å². The zero-order valence-corrected chi connectivity index (χ0v) is 13.4. The van der Waals surface area contributed by atoms with Gasteiger partial charge in [-0.15, -0.1) is 0 Å². The van der Waals surface area contributed by atoms with Crippen LogP contribution in [0.4, 0.5) is 0 Å². The van der Waals surface area contributed by atoms with E-state index in [1.165, 1.54) is 44.9 Å². The van der Waals surface area contributed by atoms with Crippen molar-refractivity contribution in [1.29, 1.82) is 0 Å². The van der Waals surface area contributed by atoms with Gasteiger partial charge in [0.25, 0.3) is 0 Å². The highest BCUT2D eigenvalue weighted by atomic mass is 16.5. The van der Waals surface area contributed by atoms with Gasteiger partial charge in [0.05, 0.1) is 11.2 Å². The lowest BCUT2D eigenvalue weighted by molar-refractivity contribution is -0.179. The Hall–Kier alpha value is -0.0800. The van der Waals surface area contributed by atoms with Gasteiger partial charge >= 0.3 is 0 Å². The standard InChI is InChI=1S/C18H32O2/c1-14-6-10-18(19,15(2)12-14)16-7-11-20-17(13-16)8-4-3-5-9-17/h14-16,19H,3-13H2,1-2H3. The highest BCUT2D eigenvalue weighted by molar-refractivity contribution is 5.00. The molecule has 0 radical (unpaired) electrons. The molecule has 4 unspecified atom stereocenters. The van der Waals surface area contributed by atoms with Crippen LogP contribution in [0.1, 0.15) is 78.1 Å². The summed E-state index contributed by atoms with van der Waals surface area (Å²) in [5.74, 6) is 1.71. The maximum absolute atomic E-state index is 11.3. The first kappa shape index (κ1) is 14.8. The molecule has 116 valence electrons. The number of hydrogen-bond donors (Lipinski definition) is 1. The van der Waals surface area contributed by atoms with Crippen molar-refractivity contribution in [2.75, 3.05) is 6.61 Å². The Morgan fingerprint density at radius 2 is 1.75 bits per heavy atom. The maximum atomic E-state index is 11.3. The summed E-state index contributed by atoms with van der Waals surface area (Å²) < 4.78 is 6.22. The van der Waals surface area contributed by atoms with E-state index >= 15 is 0 Å². The van der Waals surface area contributed by atoms with Gasteiger partial charge in [-0.05, 0) is 62.7 Å². The summed E-state index contributed by atoms with van der Waals surface area (Å²) in [7, 11) is 0. The second kappa shape index (κ2) is 5.61. The Balaban J connectivity index is 1.72. The van der Waals surface area contributed by atoms with E-state index < -0.39 is 5.60 Å². The lowest BCUT2D eigenvalue weighted by Crippen LogP contribution is -2.53. The molecule has 1 spiro atoms. The molecule has 3 fully saturated rings. The Labute approximate surface area is 124 Å². The SMILES string of the molecule is CC1CCC(O)(C2CCOC3(CCCCC3)C2)C(C)C1. The molecule has 2 saturated carbocycles. The Bertz CT molecular complexity index is 329. The van der Waals surface area contributed by atoms with Crippen LogP contribution in [-0.2, 0) is 4.74 Å². The van der Waals surface area contributed by atoms with Gasteiger partial charge in [0.1, 0.15) is 0 Å². The maximum Gasteiger partial charge on any atom is 0.0703 e. The van der Waals surface area contributed by atoms with Crippen LogP contribution < -0.4 is 0 Å². The molecular formula is C18H32O2. The van der Waals surface area contributed by atoms with Crippen LogP contribution in [-0.4, -0.2) is 22.9 Å². The minimum Gasteiger partial charge on any atom is -0.389 e. The summed E-state index contributed by atoms with van der Waals surface area (Å²) >= 11 is 0. The monoisotopic (exact) mass is 280 g/mol. The molecule has 0 amide bonds. The normalized spacial score (nSPS) is 45.5. The number of rotatable bonds is 1. The van der Waals surface area contributed by atoms with E-state index in [-0.39, 0.29) is 5.60 Å². The third kappa shape index (κ3) is 2.66. The van der Waals surface area contributed by atoms with Crippen molar-refractivity contribution in [3.63, 3.8) is 0 Å². The van der Waals surface area contributed by atoms with Crippen molar-refractivity contribution in [2.24, 2.45) is 17.8 Å². The zero-order chi connectivity index (χ0) is 14.2. The average molecular weight is 280 g/mol. The van der Waals surface area contributed by atoms with E-state index in [2.05, 4.69) is 13.8 Å². The summed E-state index contributed by atoms with van der Waals surface area (Å²) in [5.41, 5.74) is -0.291. The van der Waals surface area contributed by atoms with Gasteiger partial charge in [0.15, 0.2) is 0 Å². The molecule has 1 saturated heterocycles. The fraction of sp³-hybridized carbons (Fsp3) is 1.00. The number of ether oxygens (including phenoxy) is 1. The highest BCUT2D eigenvalue weighted by Crippen LogP contribution is 2.49. The summed E-state index contributed by atoms with van der Waals surface area (Å²) in [6.07, 6.45) is 12.0. The highest BCUT2D eigenvalue weighted by Gasteiger charge is 2.49. The quantitative estimate of drug-likeness (QED) is 0.776. The molecule has 3 aliphatic rings. The third-order valence-corrected chi connectivity index (χ3v) is 6.61. The topological polar surface area (TPSA) is 29.5 Å². The fourth-order valence-electron chi connectivity index (χ4n) is 5.25. The fourth-order valence-corrected chi connectivity index (χ4v) is 5.25. The average Bonchev–Trinajstić information content (AvgIpc) is 2.44. The van der Waals surface area contributed by atoms with Gasteiger partial charge in [0, 0.05) is 6.61 Å². The first-order valence-corrected chi connectivity index (χ1v) is 8.90. The molecule has 1 N–H and O–H groups in total. The molecule has 2 nitrogen and oxygen atoms in total. The molecule has 0 bridgehead atoms.